The van der Waals surface area contributed by atoms with E-state index in [2.05, 4.69) is 11.9 Å². The van der Waals surface area contributed by atoms with Gasteiger partial charge in [-0.3, -0.25) is 9.36 Å². The lowest BCUT2D eigenvalue weighted by Crippen LogP contribution is -2.16. The maximum atomic E-state index is 13.0. The van der Waals surface area contributed by atoms with Gasteiger partial charge in [-0.15, -0.1) is 11.3 Å². The molecule has 1 aromatic carbocycles. The third-order valence-corrected chi connectivity index (χ3v) is 5.23. The molecule has 3 aromatic heterocycles. The van der Waals surface area contributed by atoms with Crippen molar-refractivity contribution in [2.45, 2.75) is 20.0 Å². The Balaban J connectivity index is 1.61. The minimum Gasteiger partial charge on any atom is -0.489 e. The summed E-state index contributed by atoms with van der Waals surface area (Å²) in [4.78, 5) is 17.1. The SMILES string of the molecule is CCc1nc2ccc(-n3ccc(OCc4csc(F)c4)cc3=O)cc2n1C. The molecule has 0 aliphatic carbocycles. The summed E-state index contributed by atoms with van der Waals surface area (Å²) in [6.07, 6.45) is 2.53. The topological polar surface area (TPSA) is 49.1 Å². The molecule has 5 nitrogen and oxygen atoms in total. The molecule has 0 N–H and O–H groups in total. The first-order valence-electron chi connectivity index (χ1n) is 8.59. The number of fused-ring (bicyclic) bond motifs is 1. The highest BCUT2D eigenvalue weighted by molar-refractivity contribution is 7.08. The fraction of sp³-hybridized carbons (Fsp3) is 0.200. The highest BCUT2D eigenvalue weighted by atomic mass is 32.1. The monoisotopic (exact) mass is 383 g/mol. The number of hydrogen-bond acceptors (Lipinski definition) is 4. The fourth-order valence-electron chi connectivity index (χ4n) is 3.05. The van der Waals surface area contributed by atoms with Crippen LogP contribution in [0.15, 0.2) is 52.8 Å². The van der Waals surface area contributed by atoms with Crippen LogP contribution in [0.5, 0.6) is 5.75 Å². The van der Waals surface area contributed by atoms with E-state index in [1.54, 1.807) is 22.2 Å². The Kier molecular flexibility index (Phi) is 4.53. The number of aryl methyl sites for hydroxylation is 2. The third kappa shape index (κ3) is 3.38. The van der Waals surface area contributed by atoms with Gasteiger partial charge in [-0.05, 0) is 30.3 Å². The van der Waals surface area contributed by atoms with Gasteiger partial charge in [0.15, 0.2) is 5.13 Å². The highest BCUT2D eigenvalue weighted by Gasteiger charge is 2.09. The molecule has 0 bridgehead atoms. The zero-order valence-electron chi connectivity index (χ0n) is 15.0. The summed E-state index contributed by atoms with van der Waals surface area (Å²) < 4.78 is 22.2. The van der Waals surface area contributed by atoms with E-state index in [0.717, 1.165) is 45.9 Å². The van der Waals surface area contributed by atoms with Gasteiger partial charge in [0.2, 0.25) is 0 Å². The summed E-state index contributed by atoms with van der Waals surface area (Å²) in [5.41, 5.74) is 3.21. The molecule has 0 unspecified atom stereocenters. The summed E-state index contributed by atoms with van der Waals surface area (Å²) >= 11 is 1.03. The molecule has 0 saturated heterocycles. The van der Waals surface area contributed by atoms with Crippen LogP contribution in [-0.2, 0) is 20.1 Å². The quantitative estimate of drug-likeness (QED) is 0.522. The van der Waals surface area contributed by atoms with Crippen molar-refractivity contribution in [2.75, 3.05) is 0 Å². The maximum absolute atomic E-state index is 13.0. The number of hydrogen-bond donors (Lipinski definition) is 0. The molecular weight excluding hydrogens is 365 g/mol. The van der Waals surface area contributed by atoms with Crippen molar-refractivity contribution in [3.63, 3.8) is 0 Å². The van der Waals surface area contributed by atoms with Gasteiger partial charge in [-0.25, -0.2) is 4.98 Å². The van der Waals surface area contributed by atoms with E-state index in [9.17, 15) is 9.18 Å². The molecule has 0 radical (unpaired) electrons. The molecule has 0 aliphatic rings. The second-order valence-corrected chi connectivity index (χ2v) is 7.09. The molecular formula is C20H18FN3O2S. The first kappa shape index (κ1) is 17.5. The molecule has 7 heteroatoms. The third-order valence-electron chi connectivity index (χ3n) is 4.47. The Bertz CT molecular complexity index is 1180. The highest BCUT2D eigenvalue weighted by Crippen LogP contribution is 2.20. The van der Waals surface area contributed by atoms with Crippen LogP contribution in [-0.4, -0.2) is 14.1 Å². The predicted octanol–water partition coefficient (Wildman–Crippen LogP) is 4.07. The van der Waals surface area contributed by atoms with Crippen LogP contribution in [0.4, 0.5) is 4.39 Å². The molecule has 0 saturated carbocycles. The largest absolute Gasteiger partial charge is 0.489 e. The Labute approximate surface area is 159 Å². The van der Waals surface area contributed by atoms with Crippen LogP contribution in [0.25, 0.3) is 16.7 Å². The van der Waals surface area contributed by atoms with Gasteiger partial charge in [0.1, 0.15) is 18.2 Å². The van der Waals surface area contributed by atoms with Crippen LogP contribution < -0.4 is 10.3 Å². The van der Waals surface area contributed by atoms with Gasteiger partial charge in [0.05, 0.1) is 16.7 Å². The average Bonchev–Trinajstić information content (AvgIpc) is 3.23. The Morgan fingerprint density at radius 2 is 2.07 bits per heavy atom. The van der Waals surface area contributed by atoms with E-state index >= 15 is 0 Å². The van der Waals surface area contributed by atoms with Crippen molar-refractivity contribution in [3.05, 3.63) is 74.8 Å². The number of nitrogens with zero attached hydrogens (tertiary/aromatic N) is 3. The Hall–Kier alpha value is -2.93. The standard InChI is InChI=1S/C20H18FN3O2S/c1-3-19-22-16-5-4-14(9-17(16)23(19)2)24-7-6-15(10-20(24)25)26-11-13-8-18(21)27-12-13/h4-10,12H,3,11H2,1-2H3. The van der Waals surface area contributed by atoms with Crippen molar-refractivity contribution in [3.8, 4) is 11.4 Å². The second-order valence-electron chi connectivity index (χ2n) is 6.23. The van der Waals surface area contributed by atoms with E-state index < -0.39 is 0 Å². The van der Waals surface area contributed by atoms with E-state index in [4.69, 9.17) is 4.74 Å². The van der Waals surface area contributed by atoms with Gasteiger partial charge in [0.25, 0.3) is 5.56 Å². The molecule has 0 aliphatic heterocycles. The molecule has 0 spiro atoms. The van der Waals surface area contributed by atoms with Crippen LogP contribution in [0.2, 0.25) is 0 Å². The molecule has 4 aromatic rings. The van der Waals surface area contributed by atoms with E-state index in [0.29, 0.717) is 5.75 Å². The summed E-state index contributed by atoms with van der Waals surface area (Å²) in [5.74, 6) is 1.46. The summed E-state index contributed by atoms with van der Waals surface area (Å²) in [7, 11) is 1.98. The molecule has 0 atom stereocenters. The number of imidazole rings is 1. The van der Waals surface area contributed by atoms with Crippen molar-refractivity contribution in [2.24, 2.45) is 7.05 Å². The van der Waals surface area contributed by atoms with Gasteiger partial charge in [-0.2, -0.15) is 4.39 Å². The zero-order valence-corrected chi connectivity index (χ0v) is 15.8. The molecule has 0 fully saturated rings. The number of pyridine rings is 1. The summed E-state index contributed by atoms with van der Waals surface area (Å²) in [6.45, 7) is 2.29. The molecule has 138 valence electrons. The number of aromatic nitrogens is 3. The van der Waals surface area contributed by atoms with Gasteiger partial charge < -0.3 is 9.30 Å². The Morgan fingerprint density at radius 3 is 2.78 bits per heavy atom. The zero-order chi connectivity index (χ0) is 19.0. The first-order chi connectivity index (χ1) is 13.0. The number of thiophene rings is 1. The minimum absolute atomic E-state index is 0.193. The molecule has 0 amide bonds. The van der Waals surface area contributed by atoms with Crippen LogP contribution >= 0.6 is 11.3 Å². The first-order valence-corrected chi connectivity index (χ1v) is 9.47. The number of halogens is 1. The minimum atomic E-state index is -0.249. The van der Waals surface area contributed by atoms with Crippen molar-refractivity contribution >= 4 is 22.4 Å². The number of benzene rings is 1. The average molecular weight is 383 g/mol. The summed E-state index contributed by atoms with van der Waals surface area (Å²) in [6, 6.07) is 10.4. The summed E-state index contributed by atoms with van der Waals surface area (Å²) in [5, 5.41) is 1.45. The smallest absolute Gasteiger partial charge is 0.258 e. The maximum Gasteiger partial charge on any atom is 0.258 e. The van der Waals surface area contributed by atoms with Crippen LogP contribution in [0.3, 0.4) is 0 Å². The lowest BCUT2D eigenvalue weighted by molar-refractivity contribution is 0.305. The van der Waals surface area contributed by atoms with Gasteiger partial charge >= 0.3 is 0 Å². The van der Waals surface area contributed by atoms with Crippen LogP contribution in [0, 0.1) is 5.13 Å². The van der Waals surface area contributed by atoms with Gasteiger partial charge in [-0.1, -0.05) is 6.92 Å². The van der Waals surface area contributed by atoms with E-state index in [-0.39, 0.29) is 17.3 Å². The second kappa shape index (κ2) is 7.00. The molecule has 27 heavy (non-hydrogen) atoms. The number of ether oxygens (including phenoxy) is 1. The normalized spacial score (nSPS) is 11.2. The predicted molar refractivity (Wildman–Crippen MR) is 104 cm³/mol. The lowest BCUT2D eigenvalue weighted by atomic mass is 10.2. The number of rotatable bonds is 5. The van der Waals surface area contributed by atoms with Gasteiger partial charge in [0, 0.05) is 36.7 Å². The van der Waals surface area contributed by atoms with Crippen LogP contribution in [0.1, 0.15) is 18.3 Å². The fourth-order valence-corrected chi connectivity index (χ4v) is 3.67. The van der Waals surface area contributed by atoms with Crippen molar-refractivity contribution in [1.82, 2.24) is 14.1 Å². The van der Waals surface area contributed by atoms with Crippen molar-refractivity contribution in [1.29, 1.82) is 0 Å². The van der Waals surface area contributed by atoms with E-state index in [1.165, 1.54) is 12.1 Å². The lowest BCUT2D eigenvalue weighted by Gasteiger charge is -2.09. The molecule has 4 rings (SSSR count). The Morgan fingerprint density at radius 1 is 1.22 bits per heavy atom. The molecule has 3 heterocycles. The van der Waals surface area contributed by atoms with E-state index in [1.807, 2.05) is 29.8 Å². The van der Waals surface area contributed by atoms with Crippen molar-refractivity contribution < 1.29 is 9.13 Å².